The summed E-state index contributed by atoms with van der Waals surface area (Å²) in [7, 11) is 0. The quantitative estimate of drug-likeness (QED) is 0.799. The largest absolute Gasteiger partial charge is 0.454 e. The van der Waals surface area contributed by atoms with Crippen molar-refractivity contribution in [2.45, 2.75) is 11.6 Å². The van der Waals surface area contributed by atoms with Gasteiger partial charge in [-0.3, -0.25) is 0 Å². The van der Waals surface area contributed by atoms with E-state index in [9.17, 15) is 18.0 Å². The molecule has 0 radical (unpaired) electrons. The van der Waals surface area contributed by atoms with Gasteiger partial charge in [0.05, 0.1) is 11.3 Å². The van der Waals surface area contributed by atoms with Gasteiger partial charge >= 0.3 is 12.2 Å². The van der Waals surface area contributed by atoms with Crippen molar-refractivity contribution in [2.75, 3.05) is 24.4 Å². The summed E-state index contributed by atoms with van der Waals surface area (Å²) < 4.78 is 50.1. The van der Waals surface area contributed by atoms with Crippen LogP contribution in [0.3, 0.4) is 0 Å². The third kappa shape index (κ3) is 3.51. The molecule has 0 aromatic heterocycles. The minimum atomic E-state index is -4.54. The molecule has 4 rings (SSSR count). The number of para-hydroxylation sites is 1. The highest BCUT2D eigenvalue weighted by molar-refractivity contribution is 7.99. The number of amides is 2. The van der Waals surface area contributed by atoms with E-state index in [0.717, 1.165) is 11.6 Å². The summed E-state index contributed by atoms with van der Waals surface area (Å²) in [6, 6.07) is 9.78. The van der Waals surface area contributed by atoms with E-state index >= 15 is 0 Å². The number of rotatable bonds is 2. The van der Waals surface area contributed by atoms with Crippen molar-refractivity contribution in [1.29, 1.82) is 0 Å². The molecule has 2 heterocycles. The topological polar surface area (TPSA) is 50.8 Å². The van der Waals surface area contributed by atoms with E-state index in [1.54, 1.807) is 23.9 Å². The van der Waals surface area contributed by atoms with E-state index in [2.05, 4.69) is 5.32 Å². The Hall–Kier alpha value is -2.55. The fourth-order valence-corrected chi connectivity index (χ4v) is 4.29. The number of hydrogen-bond acceptors (Lipinski definition) is 4. The third-order valence-electron chi connectivity index (χ3n) is 4.31. The first-order chi connectivity index (χ1) is 12.9. The Morgan fingerprint density at radius 3 is 2.74 bits per heavy atom. The molecule has 1 fully saturated rings. The second kappa shape index (κ2) is 6.88. The average molecular weight is 396 g/mol. The maximum Gasteiger partial charge on any atom is 0.418 e. The first-order valence-electron chi connectivity index (χ1n) is 8.18. The molecule has 0 unspecified atom stereocenters. The molecule has 0 bridgehead atoms. The fraction of sp³-hybridized carbons (Fsp3) is 0.278. The predicted molar refractivity (Wildman–Crippen MR) is 94.9 cm³/mol. The van der Waals surface area contributed by atoms with Crippen molar-refractivity contribution in [3.05, 3.63) is 53.6 Å². The van der Waals surface area contributed by atoms with E-state index < -0.39 is 17.8 Å². The van der Waals surface area contributed by atoms with Crippen LogP contribution in [0, 0.1) is 0 Å². The van der Waals surface area contributed by atoms with Crippen LogP contribution in [0.15, 0.2) is 42.5 Å². The van der Waals surface area contributed by atoms with Gasteiger partial charge in [-0.05, 0) is 29.8 Å². The molecule has 0 saturated carbocycles. The van der Waals surface area contributed by atoms with E-state index in [4.69, 9.17) is 9.47 Å². The molecule has 27 heavy (non-hydrogen) atoms. The first kappa shape index (κ1) is 17.8. The molecule has 1 saturated heterocycles. The lowest BCUT2D eigenvalue weighted by Crippen LogP contribution is -2.34. The zero-order valence-electron chi connectivity index (χ0n) is 14.0. The lowest BCUT2D eigenvalue weighted by molar-refractivity contribution is -0.136. The molecule has 2 aromatic rings. The van der Waals surface area contributed by atoms with Crippen molar-refractivity contribution in [1.82, 2.24) is 4.90 Å². The molecule has 1 atom stereocenters. The van der Waals surface area contributed by atoms with Gasteiger partial charge in [0.2, 0.25) is 6.79 Å². The second-order valence-electron chi connectivity index (χ2n) is 6.00. The standard InChI is InChI=1S/C18H15F3N2O3S/c19-18(20,21)12-3-1-2-4-13(12)22-17(24)23-7-8-27-16(23)11-5-6-14-15(9-11)26-10-25-14/h1-6,9,16H,7-8,10H2,(H,22,24)/t16-/m0/s1. The molecule has 1 N–H and O–H groups in total. The third-order valence-corrected chi connectivity index (χ3v) is 5.57. The predicted octanol–water partition coefficient (Wildman–Crippen LogP) is 4.71. The zero-order valence-corrected chi connectivity index (χ0v) is 14.8. The summed E-state index contributed by atoms with van der Waals surface area (Å²) in [4.78, 5) is 14.2. The summed E-state index contributed by atoms with van der Waals surface area (Å²) in [6.45, 7) is 0.582. The molecule has 2 aromatic carbocycles. The molecule has 2 aliphatic heterocycles. The summed E-state index contributed by atoms with van der Waals surface area (Å²) in [5.41, 5.74) is -0.290. The van der Waals surface area contributed by atoms with Crippen molar-refractivity contribution in [3.8, 4) is 11.5 Å². The van der Waals surface area contributed by atoms with E-state index in [-0.39, 0.29) is 17.9 Å². The highest BCUT2D eigenvalue weighted by Gasteiger charge is 2.36. The van der Waals surface area contributed by atoms with Crippen LogP contribution < -0.4 is 14.8 Å². The molecule has 9 heteroatoms. The highest BCUT2D eigenvalue weighted by atomic mass is 32.2. The number of nitrogens with zero attached hydrogens (tertiary/aromatic N) is 1. The monoisotopic (exact) mass is 396 g/mol. The van der Waals surface area contributed by atoms with Crippen molar-refractivity contribution >= 4 is 23.5 Å². The van der Waals surface area contributed by atoms with Crippen LogP contribution in [0.25, 0.3) is 0 Å². The fourth-order valence-electron chi connectivity index (χ4n) is 3.05. The number of carbonyl (C=O) groups is 1. The van der Waals surface area contributed by atoms with Crippen LogP contribution in [0.4, 0.5) is 23.7 Å². The normalized spacial score (nSPS) is 18.6. The van der Waals surface area contributed by atoms with E-state index in [1.807, 2.05) is 6.07 Å². The number of anilines is 1. The Morgan fingerprint density at radius 2 is 1.93 bits per heavy atom. The lowest BCUT2D eigenvalue weighted by atomic mass is 10.1. The maximum absolute atomic E-state index is 13.2. The number of urea groups is 1. The number of hydrogen-bond donors (Lipinski definition) is 1. The number of ether oxygens (including phenoxy) is 2. The van der Waals surface area contributed by atoms with Crippen molar-refractivity contribution < 1.29 is 27.4 Å². The Bertz CT molecular complexity index is 875. The summed E-state index contributed by atoms with van der Waals surface area (Å²) in [5.74, 6) is 1.92. The summed E-state index contributed by atoms with van der Waals surface area (Å²) >= 11 is 1.54. The zero-order chi connectivity index (χ0) is 19.0. The number of benzene rings is 2. The van der Waals surface area contributed by atoms with Crippen LogP contribution >= 0.6 is 11.8 Å². The van der Waals surface area contributed by atoms with Gasteiger partial charge in [-0.1, -0.05) is 18.2 Å². The summed E-state index contributed by atoms with van der Waals surface area (Å²) in [5, 5.41) is 2.10. The molecular weight excluding hydrogens is 381 g/mol. The smallest absolute Gasteiger partial charge is 0.418 e. The Kier molecular flexibility index (Phi) is 4.55. The van der Waals surface area contributed by atoms with Crippen LogP contribution in [-0.4, -0.2) is 30.0 Å². The van der Waals surface area contributed by atoms with Gasteiger partial charge in [0, 0.05) is 12.3 Å². The Balaban J connectivity index is 1.55. The molecule has 0 spiro atoms. The van der Waals surface area contributed by atoms with Gasteiger partial charge in [-0.25, -0.2) is 4.79 Å². The van der Waals surface area contributed by atoms with Gasteiger partial charge in [-0.2, -0.15) is 13.2 Å². The van der Waals surface area contributed by atoms with Gasteiger partial charge in [0.1, 0.15) is 5.37 Å². The van der Waals surface area contributed by atoms with E-state index in [1.165, 1.54) is 23.1 Å². The molecular formula is C18H15F3N2O3S. The molecule has 0 aliphatic carbocycles. The SMILES string of the molecule is O=C(Nc1ccccc1C(F)(F)F)N1CCS[C@H]1c1ccc2c(c1)OCO2. The molecule has 5 nitrogen and oxygen atoms in total. The minimum absolute atomic E-state index is 0.148. The Morgan fingerprint density at radius 1 is 1.15 bits per heavy atom. The van der Waals surface area contributed by atoms with Crippen molar-refractivity contribution in [2.24, 2.45) is 0 Å². The Labute approximate surface area is 157 Å². The number of halogens is 3. The number of fused-ring (bicyclic) bond motifs is 1. The number of nitrogens with one attached hydrogen (secondary N) is 1. The van der Waals surface area contributed by atoms with Gasteiger partial charge in [0.25, 0.3) is 0 Å². The van der Waals surface area contributed by atoms with Gasteiger partial charge in [-0.15, -0.1) is 11.8 Å². The van der Waals surface area contributed by atoms with Gasteiger partial charge in [0.15, 0.2) is 11.5 Å². The highest BCUT2D eigenvalue weighted by Crippen LogP contribution is 2.43. The number of thioether (sulfide) groups is 1. The van der Waals surface area contributed by atoms with Crippen LogP contribution in [-0.2, 0) is 6.18 Å². The average Bonchev–Trinajstić information content (AvgIpc) is 3.29. The summed E-state index contributed by atoms with van der Waals surface area (Å²) in [6.07, 6.45) is -4.54. The van der Waals surface area contributed by atoms with Crippen LogP contribution in [0.5, 0.6) is 11.5 Å². The number of carbonyl (C=O) groups excluding carboxylic acids is 1. The minimum Gasteiger partial charge on any atom is -0.454 e. The molecule has 2 amide bonds. The molecule has 2 aliphatic rings. The lowest BCUT2D eigenvalue weighted by Gasteiger charge is -2.25. The maximum atomic E-state index is 13.2. The van der Waals surface area contributed by atoms with E-state index in [0.29, 0.717) is 23.8 Å². The molecule has 142 valence electrons. The van der Waals surface area contributed by atoms with Gasteiger partial charge < -0.3 is 19.7 Å². The second-order valence-corrected chi connectivity index (χ2v) is 7.19. The number of alkyl halides is 3. The first-order valence-corrected chi connectivity index (χ1v) is 9.23. The van der Waals surface area contributed by atoms with Crippen molar-refractivity contribution in [3.63, 3.8) is 0 Å². The van der Waals surface area contributed by atoms with Crippen LogP contribution in [0.1, 0.15) is 16.5 Å². The van der Waals surface area contributed by atoms with Crippen LogP contribution in [0.2, 0.25) is 0 Å².